The zero-order valence-corrected chi connectivity index (χ0v) is 8.91. The predicted molar refractivity (Wildman–Crippen MR) is 56.1 cm³/mol. The van der Waals surface area contributed by atoms with Gasteiger partial charge in [0.1, 0.15) is 0 Å². The highest BCUT2D eigenvalue weighted by Crippen LogP contribution is 2.33. The van der Waals surface area contributed by atoms with Crippen LogP contribution in [0, 0.1) is 0 Å². The number of hydrogen-bond donors (Lipinski definition) is 1. The lowest BCUT2D eigenvalue weighted by molar-refractivity contribution is 0.174. The molecule has 0 saturated carbocycles. The standard InChI is InChI=1S/C10H10N4O3/c15-4-3-10-11-12-13-14(10)7-1-2-8-9(5-7)17-6-16-8/h1-2,5,15H,3-4,6H2. The molecule has 1 aromatic carbocycles. The third kappa shape index (κ3) is 1.70. The molecule has 0 saturated heterocycles. The molecule has 0 radical (unpaired) electrons. The predicted octanol–water partition coefficient (Wildman–Crippen LogP) is -0.0742. The van der Waals surface area contributed by atoms with Gasteiger partial charge in [0.05, 0.1) is 12.3 Å². The second-order valence-electron chi connectivity index (χ2n) is 3.52. The van der Waals surface area contributed by atoms with Gasteiger partial charge >= 0.3 is 0 Å². The average Bonchev–Trinajstić information content (AvgIpc) is 2.96. The molecule has 0 unspecified atom stereocenters. The molecule has 7 nitrogen and oxygen atoms in total. The smallest absolute Gasteiger partial charge is 0.231 e. The summed E-state index contributed by atoms with van der Waals surface area (Å²) < 4.78 is 12.1. The summed E-state index contributed by atoms with van der Waals surface area (Å²) >= 11 is 0. The molecule has 0 fully saturated rings. The number of aliphatic hydroxyl groups is 1. The molecule has 0 bridgehead atoms. The van der Waals surface area contributed by atoms with Gasteiger partial charge in [-0.15, -0.1) is 5.10 Å². The molecule has 1 aliphatic rings. The molecular weight excluding hydrogens is 224 g/mol. The van der Waals surface area contributed by atoms with Crippen LogP contribution in [-0.2, 0) is 6.42 Å². The maximum atomic E-state index is 8.91. The first-order valence-electron chi connectivity index (χ1n) is 5.16. The van der Waals surface area contributed by atoms with Crippen LogP contribution in [0.5, 0.6) is 11.5 Å². The van der Waals surface area contributed by atoms with Gasteiger partial charge in [-0.2, -0.15) is 4.68 Å². The van der Waals surface area contributed by atoms with Gasteiger partial charge in [-0.1, -0.05) is 0 Å². The number of fused-ring (bicyclic) bond motifs is 1. The SMILES string of the molecule is OCCc1nnnn1-c1ccc2c(c1)OCO2. The molecule has 7 heteroatoms. The largest absolute Gasteiger partial charge is 0.454 e. The molecule has 2 aromatic rings. The van der Waals surface area contributed by atoms with Crippen LogP contribution in [0.3, 0.4) is 0 Å². The molecule has 0 amide bonds. The second kappa shape index (κ2) is 4.02. The van der Waals surface area contributed by atoms with Gasteiger partial charge in [0.2, 0.25) is 6.79 Å². The maximum Gasteiger partial charge on any atom is 0.231 e. The van der Waals surface area contributed by atoms with E-state index in [1.165, 1.54) is 0 Å². The van der Waals surface area contributed by atoms with Gasteiger partial charge in [0, 0.05) is 12.5 Å². The maximum absolute atomic E-state index is 8.91. The first kappa shape index (κ1) is 10.0. The molecule has 2 heterocycles. The number of rotatable bonds is 3. The van der Waals surface area contributed by atoms with Crippen LogP contribution in [0.25, 0.3) is 5.69 Å². The van der Waals surface area contributed by atoms with Gasteiger partial charge in [-0.25, -0.2) is 0 Å². The normalized spacial score (nSPS) is 13.0. The molecule has 0 spiro atoms. The quantitative estimate of drug-likeness (QED) is 0.800. The highest BCUT2D eigenvalue weighted by molar-refractivity contribution is 5.49. The molecule has 3 rings (SSSR count). The van der Waals surface area contributed by atoms with Crippen LogP contribution in [0.4, 0.5) is 0 Å². The van der Waals surface area contributed by atoms with Gasteiger partial charge in [0.15, 0.2) is 17.3 Å². The van der Waals surface area contributed by atoms with Crippen molar-refractivity contribution in [3.8, 4) is 17.2 Å². The number of hydrogen-bond acceptors (Lipinski definition) is 6. The summed E-state index contributed by atoms with van der Waals surface area (Å²) in [5, 5.41) is 20.2. The van der Waals surface area contributed by atoms with Crippen LogP contribution in [0.15, 0.2) is 18.2 Å². The molecule has 0 atom stereocenters. The summed E-state index contributed by atoms with van der Waals surface area (Å²) in [4.78, 5) is 0. The van der Waals surface area contributed by atoms with Crippen molar-refractivity contribution in [2.75, 3.05) is 13.4 Å². The lowest BCUT2D eigenvalue weighted by atomic mass is 10.2. The Labute approximate surface area is 96.6 Å². The van der Waals surface area contributed by atoms with E-state index in [1.807, 2.05) is 12.1 Å². The van der Waals surface area contributed by atoms with E-state index in [9.17, 15) is 0 Å². The van der Waals surface area contributed by atoms with E-state index >= 15 is 0 Å². The molecule has 0 aliphatic carbocycles. The van der Waals surface area contributed by atoms with E-state index in [2.05, 4.69) is 15.5 Å². The zero-order valence-electron chi connectivity index (χ0n) is 8.91. The van der Waals surface area contributed by atoms with Crippen molar-refractivity contribution in [3.63, 3.8) is 0 Å². The van der Waals surface area contributed by atoms with E-state index in [1.54, 1.807) is 10.7 Å². The molecular formula is C10H10N4O3. The van der Waals surface area contributed by atoms with Crippen molar-refractivity contribution >= 4 is 0 Å². The Kier molecular flexibility index (Phi) is 2.37. The van der Waals surface area contributed by atoms with Crippen molar-refractivity contribution in [1.82, 2.24) is 20.2 Å². The fraction of sp³-hybridized carbons (Fsp3) is 0.300. The lowest BCUT2D eigenvalue weighted by Crippen LogP contribution is -2.05. The van der Waals surface area contributed by atoms with Crippen LogP contribution in [0.2, 0.25) is 0 Å². The number of ether oxygens (including phenoxy) is 2. The summed E-state index contributed by atoms with van der Waals surface area (Å²) in [6, 6.07) is 5.45. The zero-order chi connectivity index (χ0) is 11.7. The summed E-state index contributed by atoms with van der Waals surface area (Å²) in [6.07, 6.45) is 0.404. The van der Waals surface area contributed by atoms with E-state index < -0.39 is 0 Å². The summed E-state index contributed by atoms with van der Waals surface area (Å²) in [6.45, 7) is 0.239. The molecule has 1 N–H and O–H groups in total. The minimum Gasteiger partial charge on any atom is -0.454 e. The number of aromatic nitrogens is 4. The Hall–Kier alpha value is -2.15. The van der Waals surface area contributed by atoms with Crippen molar-refractivity contribution in [2.45, 2.75) is 6.42 Å². The fourth-order valence-electron chi connectivity index (χ4n) is 1.68. The Morgan fingerprint density at radius 3 is 3.06 bits per heavy atom. The Morgan fingerprint density at radius 1 is 1.29 bits per heavy atom. The summed E-state index contributed by atoms with van der Waals surface area (Å²) in [7, 11) is 0. The van der Waals surface area contributed by atoms with Crippen molar-refractivity contribution in [1.29, 1.82) is 0 Å². The van der Waals surface area contributed by atoms with Crippen LogP contribution in [0.1, 0.15) is 5.82 Å². The molecule has 1 aliphatic heterocycles. The summed E-state index contributed by atoms with van der Waals surface area (Å²) in [5.41, 5.74) is 0.780. The highest BCUT2D eigenvalue weighted by Gasteiger charge is 2.15. The molecule has 88 valence electrons. The lowest BCUT2D eigenvalue weighted by Gasteiger charge is -2.04. The van der Waals surface area contributed by atoms with Crippen molar-refractivity contribution < 1.29 is 14.6 Å². The number of aliphatic hydroxyl groups excluding tert-OH is 1. The third-order valence-electron chi connectivity index (χ3n) is 2.47. The minimum atomic E-state index is 0.00489. The Balaban J connectivity index is 2.00. The van der Waals surface area contributed by atoms with E-state index in [4.69, 9.17) is 14.6 Å². The minimum absolute atomic E-state index is 0.00489. The number of benzene rings is 1. The highest BCUT2D eigenvalue weighted by atomic mass is 16.7. The monoisotopic (exact) mass is 234 g/mol. The number of tetrazole rings is 1. The van der Waals surface area contributed by atoms with Crippen molar-refractivity contribution in [3.05, 3.63) is 24.0 Å². The van der Waals surface area contributed by atoms with E-state index in [0.29, 0.717) is 23.7 Å². The number of nitrogens with zero attached hydrogens (tertiary/aromatic N) is 4. The summed E-state index contributed by atoms with van der Waals surface area (Å²) in [5.74, 6) is 1.99. The van der Waals surface area contributed by atoms with E-state index in [0.717, 1.165) is 5.69 Å². The Bertz CT molecular complexity index is 540. The Morgan fingerprint density at radius 2 is 2.18 bits per heavy atom. The fourth-order valence-corrected chi connectivity index (χ4v) is 1.68. The molecule has 1 aromatic heterocycles. The first-order chi connectivity index (χ1) is 8.38. The van der Waals surface area contributed by atoms with Crippen LogP contribution < -0.4 is 9.47 Å². The van der Waals surface area contributed by atoms with E-state index in [-0.39, 0.29) is 13.4 Å². The molecule has 17 heavy (non-hydrogen) atoms. The second-order valence-corrected chi connectivity index (χ2v) is 3.52. The van der Waals surface area contributed by atoms with Crippen molar-refractivity contribution in [2.24, 2.45) is 0 Å². The average molecular weight is 234 g/mol. The van der Waals surface area contributed by atoms with Crippen LogP contribution in [-0.4, -0.2) is 38.7 Å². The van der Waals surface area contributed by atoms with Gasteiger partial charge in [-0.3, -0.25) is 0 Å². The topological polar surface area (TPSA) is 82.3 Å². The van der Waals surface area contributed by atoms with Gasteiger partial charge in [0.25, 0.3) is 0 Å². The van der Waals surface area contributed by atoms with Gasteiger partial charge < -0.3 is 14.6 Å². The van der Waals surface area contributed by atoms with Crippen LogP contribution >= 0.6 is 0 Å². The van der Waals surface area contributed by atoms with Gasteiger partial charge in [-0.05, 0) is 22.6 Å². The first-order valence-corrected chi connectivity index (χ1v) is 5.16. The third-order valence-corrected chi connectivity index (χ3v) is 2.47.